The molecule has 0 radical (unpaired) electrons. The molecule has 1 heterocycles. The van der Waals surface area contributed by atoms with Crippen LogP contribution >= 0.6 is 23.4 Å². The van der Waals surface area contributed by atoms with E-state index in [-0.39, 0.29) is 17.3 Å². The molecule has 0 saturated carbocycles. The summed E-state index contributed by atoms with van der Waals surface area (Å²) in [5, 5.41) is 12.0. The van der Waals surface area contributed by atoms with E-state index < -0.39 is 20.5 Å². The Bertz CT molecular complexity index is 1190. The van der Waals surface area contributed by atoms with Gasteiger partial charge in [-0.2, -0.15) is 8.78 Å². The van der Waals surface area contributed by atoms with Crippen molar-refractivity contribution in [1.82, 2.24) is 14.8 Å². The summed E-state index contributed by atoms with van der Waals surface area (Å²) in [7, 11) is -4.68. The summed E-state index contributed by atoms with van der Waals surface area (Å²) in [5.41, 5.74) is 1.09. The lowest BCUT2D eigenvalue weighted by molar-refractivity contribution is -0.113. The molecule has 1 aromatic heterocycles. The van der Waals surface area contributed by atoms with Crippen LogP contribution in [0.2, 0.25) is 5.02 Å². The molecule has 0 saturated heterocycles. The highest BCUT2D eigenvalue weighted by Crippen LogP contribution is 2.26. The first-order valence-electron chi connectivity index (χ1n) is 8.96. The molecule has 7 nitrogen and oxygen atoms in total. The minimum atomic E-state index is -4.68. The maximum absolute atomic E-state index is 12.6. The number of amides is 1. The molecular weight excluding hydrogens is 470 g/mol. The number of halogens is 3. The van der Waals surface area contributed by atoms with Gasteiger partial charge in [0, 0.05) is 22.8 Å². The first-order chi connectivity index (χ1) is 14.7. The van der Waals surface area contributed by atoms with Crippen molar-refractivity contribution in [2.75, 3.05) is 11.1 Å². The topological polar surface area (TPSA) is 94.0 Å². The molecule has 0 bridgehead atoms. The van der Waals surface area contributed by atoms with Crippen molar-refractivity contribution in [3.63, 3.8) is 0 Å². The van der Waals surface area contributed by atoms with Crippen LogP contribution in [0.25, 0.3) is 11.4 Å². The Morgan fingerprint density at radius 3 is 2.52 bits per heavy atom. The van der Waals surface area contributed by atoms with Crippen LogP contribution in [0.4, 0.5) is 14.5 Å². The van der Waals surface area contributed by atoms with Crippen molar-refractivity contribution in [1.29, 1.82) is 0 Å². The zero-order chi connectivity index (χ0) is 22.6. The zero-order valence-corrected chi connectivity index (χ0v) is 18.5. The Morgan fingerprint density at radius 2 is 1.90 bits per heavy atom. The number of alkyl halides is 2. The van der Waals surface area contributed by atoms with Gasteiger partial charge in [0.15, 0.2) is 11.0 Å². The molecule has 0 unspecified atom stereocenters. The quantitative estimate of drug-likeness (QED) is 0.476. The molecule has 1 N–H and O–H groups in total. The molecular formula is C19H17ClF2N4O3S2. The minimum Gasteiger partial charge on any atom is -0.325 e. The number of carbonyl (C=O) groups excluding carboxylic acids is 1. The van der Waals surface area contributed by atoms with Crippen LogP contribution in [0.5, 0.6) is 0 Å². The van der Waals surface area contributed by atoms with Crippen LogP contribution in [0.15, 0.2) is 58.6 Å². The predicted octanol–water partition coefficient (Wildman–Crippen LogP) is 4.35. The van der Waals surface area contributed by atoms with Crippen LogP contribution in [-0.4, -0.2) is 40.6 Å². The van der Waals surface area contributed by atoms with Crippen LogP contribution in [0.1, 0.15) is 6.92 Å². The van der Waals surface area contributed by atoms with Gasteiger partial charge in [-0.15, -0.1) is 10.2 Å². The van der Waals surface area contributed by atoms with Gasteiger partial charge in [-0.25, -0.2) is 8.42 Å². The lowest BCUT2D eigenvalue weighted by Crippen LogP contribution is -2.15. The van der Waals surface area contributed by atoms with Crippen LogP contribution < -0.4 is 5.32 Å². The fourth-order valence-electron chi connectivity index (χ4n) is 2.68. The molecule has 0 atom stereocenters. The van der Waals surface area contributed by atoms with E-state index in [9.17, 15) is 22.0 Å². The van der Waals surface area contributed by atoms with Crippen molar-refractivity contribution >= 4 is 44.8 Å². The molecule has 0 aliphatic heterocycles. The third kappa shape index (κ3) is 5.41. The number of benzene rings is 2. The summed E-state index contributed by atoms with van der Waals surface area (Å²) in [5.74, 6) is -3.23. The second kappa shape index (κ2) is 9.75. The normalized spacial score (nSPS) is 11.6. The number of carbonyl (C=O) groups is 1. The predicted molar refractivity (Wildman–Crippen MR) is 115 cm³/mol. The number of anilines is 1. The summed E-state index contributed by atoms with van der Waals surface area (Å²) in [6, 6.07) is 11.8. The number of hydrogen-bond donors (Lipinski definition) is 1. The lowest BCUT2D eigenvalue weighted by Gasteiger charge is -2.09. The Hall–Kier alpha value is -2.50. The maximum atomic E-state index is 12.6. The van der Waals surface area contributed by atoms with Gasteiger partial charge in [0.1, 0.15) is 0 Å². The van der Waals surface area contributed by atoms with Gasteiger partial charge in [0.05, 0.1) is 10.6 Å². The fourth-order valence-corrected chi connectivity index (χ4v) is 4.39. The Balaban J connectivity index is 1.65. The summed E-state index contributed by atoms with van der Waals surface area (Å²) < 4.78 is 49.9. The van der Waals surface area contributed by atoms with Gasteiger partial charge >= 0.3 is 5.76 Å². The summed E-state index contributed by atoms with van der Waals surface area (Å²) >= 11 is 7.22. The molecule has 3 rings (SSSR count). The van der Waals surface area contributed by atoms with Gasteiger partial charge < -0.3 is 9.88 Å². The van der Waals surface area contributed by atoms with Gasteiger partial charge in [-0.1, -0.05) is 35.5 Å². The van der Waals surface area contributed by atoms with Gasteiger partial charge in [-0.05, 0) is 43.3 Å². The summed E-state index contributed by atoms with van der Waals surface area (Å²) in [6.07, 6.45) is 0. The molecule has 0 spiro atoms. The molecule has 164 valence electrons. The third-order valence-corrected chi connectivity index (χ3v) is 6.75. The highest BCUT2D eigenvalue weighted by molar-refractivity contribution is 7.99. The Morgan fingerprint density at radius 1 is 1.19 bits per heavy atom. The van der Waals surface area contributed by atoms with Crippen LogP contribution in [0, 0.1) is 0 Å². The number of sulfone groups is 1. The second-order valence-electron chi connectivity index (χ2n) is 6.23. The first kappa shape index (κ1) is 23.2. The van der Waals surface area contributed by atoms with Gasteiger partial charge in [-0.3, -0.25) is 4.79 Å². The van der Waals surface area contributed by atoms with Crippen molar-refractivity contribution < 1.29 is 22.0 Å². The van der Waals surface area contributed by atoms with Crippen molar-refractivity contribution in [3.05, 3.63) is 53.6 Å². The van der Waals surface area contributed by atoms with Crippen molar-refractivity contribution in [2.24, 2.45) is 0 Å². The number of nitrogens with one attached hydrogen (secondary N) is 1. The molecule has 0 aliphatic carbocycles. The van der Waals surface area contributed by atoms with E-state index in [1.807, 2.05) is 23.6 Å². The number of thioether (sulfide) groups is 1. The highest BCUT2D eigenvalue weighted by Gasteiger charge is 2.26. The molecule has 3 aromatic rings. The fraction of sp³-hybridized carbons (Fsp3) is 0.211. The Labute approximate surface area is 186 Å². The summed E-state index contributed by atoms with van der Waals surface area (Å²) in [4.78, 5) is 11.7. The van der Waals surface area contributed by atoms with E-state index in [1.165, 1.54) is 23.9 Å². The van der Waals surface area contributed by atoms with E-state index in [4.69, 9.17) is 11.6 Å². The van der Waals surface area contributed by atoms with E-state index in [2.05, 4.69) is 15.5 Å². The van der Waals surface area contributed by atoms with E-state index in [1.54, 1.807) is 12.1 Å². The number of aromatic nitrogens is 3. The molecule has 0 aliphatic rings. The molecule has 1 amide bonds. The zero-order valence-electron chi connectivity index (χ0n) is 16.1. The SMILES string of the molecule is CCn1c(SCC(=O)Nc2ccc(S(=O)(=O)C(F)F)cc2)nnc1-c1cccc(Cl)c1. The Kier molecular flexibility index (Phi) is 7.29. The highest BCUT2D eigenvalue weighted by atomic mass is 35.5. The van der Waals surface area contributed by atoms with E-state index in [0.717, 1.165) is 17.7 Å². The standard InChI is InChI=1S/C19H17ClF2N4O3S2/c1-2-26-17(12-4-3-5-13(20)10-12)24-25-19(26)30-11-16(27)23-14-6-8-15(9-7-14)31(28,29)18(21)22/h3-10,18H,2,11H2,1H3,(H,23,27). The molecule has 2 aromatic carbocycles. The monoisotopic (exact) mass is 486 g/mol. The average Bonchev–Trinajstić information content (AvgIpc) is 3.15. The van der Waals surface area contributed by atoms with Gasteiger partial charge in [0.2, 0.25) is 15.7 Å². The molecule has 31 heavy (non-hydrogen) atoms. The number of rotatable bonds is 8. The maximum Gasteiger partial charge on any atom is 0.341 e. The van der Waals surface area contributed by atoms with Crippen LogP contribution in [0.3, 0.4) is 0 Å². The second-order valence-corrected chi connectivity index (χ2v) is 9.52. The number of nitrogens with zero attached hydrogens (tertiary/aromatic N) is 3. The smallest absolute Gasteiger partial charge is 0.325 e. The summed E-state index contributed by atoms with van der Waals surface area (Å²) in [6.45, 7) is 2.51. The third-order valence-electron chi connectivity index (χ3n) is 4.15. The van der Waals surface area contributed by atoms with E-state index >= 15 is 0 Å². The van der Waals surface area contributed by atoms with Crippen molar-refractivity contribution in [3.8, 4) is 11.4 Å². The van der Waals surface area contributed by atoms with Gasteiger partial charge in [0.25, 0.3) is 0 Å². The largest absolute Gasteiger partial charge is 0.341 e. The minimum absolute atomic E-state index is 0.0186. The molecule has 12 heteroatoms. The lowest BCUT2D eigenvalue weighted by atomic mass is 10.2. The van der Waals surface area contributed by atoms with E-state index in [0.29, 0.717) is 22.5 Å². The number of hydrogen-bond acceptors (Lipinski definition) is 6. The van der Waals surface area contributed by atoms with Crippen molar-refractivity contribution in [2.45, 2.75) is 29.3 Å². The van der Waals surface area contributed by atoms with Crippen LogP contribution in [-0.2, 0) is 21.2 Å². The first-order valence-corrected chi connectivity index (χ1v) is 11.9. The molecule has 0 fully saturated rings. The average molecular weight is 487 g/mol.